The van der Waals surface area contributed by atoms with Gasteiger partial charge in [-0.2, -0.15) is 0 Å². The van der Waals surface area contributed by atoms with Crippen LogP contribution in [0.3, 0.4) is 0 Å². The lowest BCUT2D eigenvalue weighted by Crippen LogP contribution is -2.46. The Morgan fingerprint density at radius 3 is 3.13 bits per heavy atom. The second-order valence-corrected chi connectivity index (χ2v) is 3.84. The number of piperidine rings is 1. The zero-order chi connectivity index (χ0) is 10.7. The highest BCUT2D eigenvalue weighted by molar-refractivity contribution is 5.76. The topological polar surface area (TPSA) is 77.0 Å². The predicted octanol–water partition coefficient (Wildman–Crippen LogP) is -0.772. The van der Waals surface area contributed by atoms with Crippen molar-refractivity contribution in [3.63, 3.8) is 0 Å². The number of nitrogens with zero attached hydrogens (tertiary/aromatic N) is 4. The summed E-state index contributed by atoms with van der Waals surface area (Å²) in [5.74, 6) is 0.0654. The van der Waals surface area contributed by atoms with Crippen molar-refractivity contribution in [3.8, 4) is 0 Å². The molecule has 1 aliphatic heterocycles. The van der Waals surface area contributed by atoms with Gasteiger partial charge >= 0.3 is 0 Å². The van der Waals surface area contributed by atoms with E-state index in [0.29, 0.717) is 6.54 Å². The summed E-state index contributed by atoms with van der Waals surface area (Å²) < 4.78 is 1.53. The quantitative estimate of drug-likeness (QED) is 0.693. The molecule has 1 saturated heterocycles. The van der Waals surface area contributed by atoms with Crippen molar-refractivity contribution in [1.29, 1.82) is 0 Å². The van der Waals surface area contributed by atoms with Crippen LogP contribution in [-0.2, 0) is 11.3 Å². The molecule has 0 radical (unpaired) electrons. The molecule has 82 valence electrons. The lowest BCUT2D eigenvalue weighted by molar-refractivity contribution is -0.133. The van der Waals surface area contributed by atoms with E-state index in [2.05, 4.69) is 10.3 Å². The van der Waals surface area contributed by atoms with Crippen molar-refractivity contribution >= 4 is 5.91 Å². The van der Waals surface area contributed by atoms with E-state index in [-0.39, 0.29) is 18.5 Å². The third-order valence-electron chi connectivity index (χ3n) is 2.58. The molecule has 6 heteroatoms. The Kier molecular flexibility index (Phi) is 2.96. The molecule has 15 heavy (non-hydrogen) atoms. The average Bonchev–Trinajstić information content (AvgIpc) is 2.70. The Bertz CT molecular complexity index is 323. The molecule has 0 aromatic carbocycles. The Morgan fingerprint density at radius 1 is 1.60 bits per heavy atom. The standard InChI is InChI=1S/C9H15N5O/c10-8-2-1-4-13(6-8)9(15)7-14-5-3-11-12-14/h3,5,8H,1-2,4,6-7,10H2. The third-order valence-corrected chi connectivity index (χ3v) is 2.58. The maximum Gasteiger partial charge on any atom is 0.244 e. The maximum absolute atomic E-state index is 11.8. The van der Waals surface area contributed by atoms with Crippen LogP contribution in [0.2, 0.25) is 0 Å². The Morgan fingerprint density at radius 2 is 2.47 bits per heavy atom. The van der Waals surface area contributed by atoms with Gasteiger partial charge in [0.2, 0.25) is 5.91 Å². The second-order valence-electron chi connectivity index (χ2n) is 3.84. The third kappa shape index (κ3) is 2.53. The number of likely N-dealkylation sites (tertiary alicyclic amines) is 1. The number of carbonyl (C=O) groups is 1. The minimum Gasteiger partial charge on any atom is -0.340 e. The summed E-state index contributed by atoms with van der Waals surface area (Å²) in [6.07, 6.45) is 5.24. The molecule has 1 aliphatic rings. The van der Waals surface area contributed by atoms with Crippen molar-refractivity contribution in [3.05, 3.63) is 12.4 Å². The Balaban J connectivity index is 1.90. The van der Waals surface area contributed by atoms with Crippen LogP contribution in [0.15, 0.2) is 12.4 Å². The van der Waals surface area contributed by atoms with E-state index in [9.17, 15) is 4.79 Å². The van der Waals surface area contributed by atoms with Gasteiger partial charge in [0, 0.05) is 25.3 Å². The summed E-state index contributed by atoms with van der Waals surface area (Å²) in [6, 6.07) is 0.124. The zero-order valence-electron chi connectivity index (χ0n) is 8.54. The van der Waals surface area contributed by atoms with Crippen LogP contribution in [0, 0.1) is 0 Å². The van der Waals surface area contributed by atoms with E-state index in [1.807, 2.05) is 0 Å². The monoisotopic (exact) mass is 209 g/mol. The van der Waals surface area contributed by atoms with Crippen molar-refractivity contribution in [2.75, 3.05) is 13.1 Å². The summed E-state index contributed by atoms with van der Waals surface area (Å²) in [7, 11) is 0. The molecular formula is C9H15N5O. The van der Waals surface area contributed by atoms with Gasteiger partial charge in [0.25, 0.3) is 0 Å². The Hall–Kier alpha value is -1.43. The normalized spacial score (nSPS) is 21.7. The molecule has 1 fully saturated rings. The molecule has 1 atom stereocenters. The lowest BCUT2D eigenvalue weighted by Gasteiger charge is -2.30. The van der Waals surface area contributed by atoms with E-state index in [1.165, 1.54) is 4.68 Å². The number of aromatic nitrogens is 3. The van der Waals surface area contributed by atoms with Crippen molar-refractivity contribution in [1.82, 2.24) is 19.9 Å². The van der Waals surface area contributed by atoms with Crippen LogP contribution in [0.4, 0.5) is 0 Å². The number of rotatable bonds is 2. The van der Waals surface area contributed by atoms with E-state index in [0.717, 1.165) is 19.4 Å². The van der Waals surface area contributed by atoms with E-state index in [4.69, 9.17) is 5.73 Å². The fourth-order valence-corrected chi connectivity index (χ4v) is 1.79. The van der Waals surface area contributed by atoms with Gasteiger partial charge in [-0.05, 0) is 12.8 Å². The molecule has 1 amide bonds. The minimum atomic E-state index is 0.0654. The predicted molar refractivity (Wildman–Crippen MR) is 53.8 cm³/mol. The highest BCUT2D eigenvalue weighted by atomic mass is 16.2. The highest BCUT2D eigenvalue weighted by Gasteiger charge is 2.21. The molecule has 1 aromatic heterocycles. The van der Waals surface area contributed by atoms with Crippen LogP contribution in [0.1, 0.15) is 12.8 Å². The Labute approximate surface area is 88.0 Å². The minimum absolute atomic E-state index is 0.0654. The smallest absolute Gasteiger partial charge is 0.244 e. The molecule has 1 aromatic rings. The summed E-state index contributed by atoms with van der Waals surface area (Å²) in [5.41, 5.74) is 5.81. The highest BCUT2D eigenvalue weighted by Crippen LogP contribution is 2.08. The lowest BCUT2D eigenvalue weighted by atomic mass is 10.1. The molecule has 2 rings (SSSR count). The van der Waals surface area contributed by atoms with Crippen LogP contribution in [0.25, 0.3) is 0 Å². The first-order valence-electron chi connectivity index (χ1n) is 5.13. The van der Waals surface area contributed by atoms with Crippen LogP contribution < -0.4 is 5.73 Å². The number of hydrogen-bond acceptors (Lipinski definition) is 4. The molecule has 6 nitrogen and oxygen atoms in total. The summed E-state index contributed by atoms with van der Waals surface area (Å²) in [5, 5.41) is 7.41. The molecule has 2 heterocycles. The summed E-state index contributed by atoms with van der Waals surface area (Å²) in [6.45, 7) is 1.72. The van der Waals surface area contributed by atoms with Gasteiger partial charge in [0.15, 0.2) is 0 Å². The molecule has 0 spiro atoms. The average molecular weight is 209 g/mol. The van der Waals surface area contributed by atoms with Gasteiger partial charge in [-0.1, -0.05) is 5.21 Å². The first-order valence-corrected chi connectivity index (χ1v) is 5.13. The van der Waals surface area contributed by atoms with Crippen molar-refractivity contribution < 1.29 is 4.79 Å². The summed E-state index contributed by atoms with van der Waals surface area (Å²) in [4.78, 5) is 13.6. The van der Waals surface area contributed by atoms with Crippen molar-refractivity contribution in [2.45, 2.75) is 25.4 Å². The molecule has 0 aliphatic carbocycles. The first kappa shape index (κ1) is 10.1. The second kappa shape index (κ2) is 4.39. The van der Waals surface area contributed by atoms with Gasteiger partial charge < -0.3 is 10.6 Å². The van der Waals surface area contributed by atoms with Gasteiger partial charge in [-0.3, -0.25) is 4.79 Å². The number of nitrogens with two attached hydrogens (primary N) is 1. The van der Waals surface area contributed by atoms with Crippen LogP contribution >= 0.6 is 0 Å². The summed E-state index contributed by atoms with van der Waals surface area (Å²) >= 11 is 0. The fourth-order valence-electron chi connectivity index (χ4n) is 1.79. The molecule has 0 saturated carbocycles. The van der Waals surface area contributed by atoms with Crippen LogP contribution in [0.5, 0.6) is 0 Å². The molecule has 1 unspecified atom stereocenters. The molecule has 0 bridgehead atoms. The van der Waals surface area contributed by atoms with Gasteiger partial charge in [-0.15, -0.1) is 5.10 Å². The SMILES string of the molecule is NC1CCCN(C(=O)Cn2ccnn2)C1. The maximum atomic E-state index is 11.8. The zero-order valence-corrected chi connectivity index (χ0v) is 8.54. The van der Waals surface area contributed by atoms with Gasteiger partial charge in [-0.25, -0.2) is 4.68 Å². The number of carbonyl (C=O) groups excluding carboxylic acids is 1. The van der Waals surface area contributed by atoms with E-state index < -0.39 is 0 Å². The van der Waals surface area contributed by atoms with Gasteiger partial charge in [0.1, 0.15) is 6.54 Å². The van der Waals surface area contributed by atoms with Gasteiger partial charge in [0.05, 0.1) is 6.20 Å². The number of amides is 1. The molecular weight excluding hydrogens is 194 g/mol. The van der Waals surface area contributed by atoms with Crippen LogP contribution in [-0.4, -0.2) is 44.9 Å². The molecule has 2 N–H and O–H groups in total. The first-order chi connectivity index (χ1) is 7.25. The van der Waals surface area contributed by atoms with E-state index >= 15 is 0 Å². The van der Waals surface area contributed by atoms with Crippen molar-refractivity contribution in [2.24, 2.45) is 5.73 Å². The number of hydrogen-bond donors (Lipinski definition) is 1. The largest absolute Gasteiger partial charge is 0.340 e. The van der Waals surface area contributed by atoms with E-state index in [1.54, 1.807) is 17.3 Å². The fraction of sp³-hybridized carbons (Fsp3) is 0.667.